The molecule has 5 rings (SSSR count). The Morgan fingerprint density at radius 1 is 1.00 bits per heavy atom. The molecule has 170 valence electrons. The van der Waals surface area contributed by atoms with Crippen LogP contribution in [0.5, 0.6) is 0 Å². The molecule has 0 aliphatic carbocycles. The molecular weight excluding hydrogens is 450 g/mol. The van der Waals surface area contributed by atoms with Gasteiger partial charge in [-0.25, -0.2) is 9.78 Å². The van der Waals surface area contributed by atoms with E-state index in [1.165, 1.54) is 17.3 Å². The number of carbonyl (C=O) groups excluding carboxylic acids is 1. The number of rotatable bonds is 6. The number of benzene rings is 3. The van der Waals surface area contributed by atoms with Crippen LogP contribution in [0.3, 0.4) is 0 Å². The van der Waals surface area contributed by atoms with E-state index in [1.807, 2.05) is 36.4 Å². The Balaban J connectivity index is 1.44. The number of hydrogen-bond acceptors (Lipinski definition) is 5. The van der Waals surface area contributed by atoms with Crippen LogP contribution in [0.1, 0.15) is 12.5 Å². The highest BCUT2D eigenvalue weighted by Crippen LogP contribution is 2.22. The third kappa shape index (κ3) is 4.25. The molecule has 0 fully saturated rings. The van der Waals surface area contributed by atoms with Gasteiger partial charge in [-0.05, 0) is 54.4 Å². The lowest BCUT2D eigenvalue weighted by Crippen LogP contribution is -2.23. The summed E-state index contributed by atoms with van der Waals surface area (Å²) in [6.45, 7) is 2.07. The number of aryl methyl sites for hydroxylation is 1. The molecule has 3 N–H and O–H groups in total. The molecule has 3 aromatic carbocycles. The zero-order valence-electron chi connectivity index (χ0n) is 18.3. The van der Waals surface area contributed by atoms with E-state index in [0.717, 1.165) is 6.42 Å². The molecule has 0 saturated carbocycles. The van der Waals surface area contributed by atoms with E-state index in [1.54, 1.807) is 34.9 Å². The van der Waals surface area contributed by atoms with Gasteiger partial charge in [0.15, 0.2) is 5.16 Å². The van der Waals surface area contributed by atoms with Gasteiger partial charge in [-0.3, -0.25) is 14.2 Å². The number of hydrogen-bond donors (Lipinski definition) is 3. The lowest BCUT2D eigenvalue weighted by molar-refractivity contribution is -0.113. The minimum Gasteiger partial charge on any atom is -0.325 e. The van der Waals surface area contributed by atoms with Crippen LogP contribution < -0.4 is 16.6 Å². The number of aromatic nitrogens is 4. The first-order chi connectivity index (χ1) is 16.5. The number of aromatic amines is 2. The van der Waals surface area contributed by atoms with E-state index in [0.29, 0.717) is 38.5 Å². The van der Waals surface area contributed by atoms with Crippen molar-refractivity contribution < 1.29 is 4.79 Å². The number of amides is 1. The van der Waals surface area contributed by atoms with Crippen LogP contribution in [0, 0.1) is 0 Å². The molecule has 8 nitrogen and oxygen atoms in total. The summed E-state index contributed by atoms with van der Waals surface area (Å²) in [6.07, 6.45) is 0.898. The van der Waals surface area contributed by atoms with Crippen molar-refractivity contribution in [2.75, 3.05) is 11.1 Å². The molecular formula is C25H21N5O3S. The summed E-state index contributed by atoms with van der Waals surface area (Å²) >= 11 is 1.19. The van der Waals surface area contributed by atoms with E-state index in [-0.39, 0.29) is 22.9 Å². The first-order valence-corrected chi connectivity index (χ1v) is 11.8. The topological polar surface area (TPSA) is 113 Å². The Kier molecular flexibility index (Phi) is 5.77. The second-order valence-corrected chi connectivity index (χ2v) is 8.69. The number of thioether (sulfide) groups is 1. The number of imidazole rings is 1. The van der Waals surface area contributed by atoms with E-state index >= 15 is 0 Å². The summed E-state index contributed by atoms with van der Waals surface area (Å²) in [5, 5.41) is 3.79. The van der Waals surface area contributed by atoms with Crippen LogP contribution in [0.15, 0.2) is 81.5 Å². The van der Waals surface area contributed by atoms with Gasteiger partial charge < -0.3 is 15.3 Å². The van der Waals surface area contributed by atoms with Gasteiger partial charge in [-0.1, -0.05) is 43.0 Å². The van der Waals surface area contributed by atoms with Crippen molar-refractivity contribution in [1.29, 1.82) is 0 Å². The maximum atomic E-state index is 13.3. The summed E-state index contributed by atoms with van der Waals surface area (Å²) in [6, 6.07) is 20.1. The summed E-state index contributed by atoms with van der Waals surface area (Å²) in [5.41, 5.74) is 3.80. The fraction of sp³-hybridized carbons (Fsp3) is 0.120. The summed E-state index contributed by atoms with van der Waals surface area (Å²) in [5.74, 6) is -0.197. The SMILES string of the molecule is CCc1ccc(-n2c(SCC(=O)Nc3ccc4[nH]c(=O)[nH]c4c3)nc3ccccc3c2=O)cc1. The summed E-state index contributed by atoms with van der Waals surface area (Å²) in [4.78, 5) is 47.5. The molecule has 9 heteroatoms. The second-order valence-electron chi connectivity index (χ2n) is 7.75. The molecule has 0 aliphatic rings. The number of anilines is 1. The Hall–Kier alpha value is -4.11. The van der Waals surface area contributed by atoms with Crippen molar-refractivity contribution in [1.82, 2.24) is 19.5 Å². The largest absolute Gasteiger partial charge is 0.325 e. The fourth-order valence-corrected chi connectivity index (χ4v) is 4.57. The van der Waals surface area contributed by atoms with Crippen LogP contribution in [0.25, 0.3) is 27.6 Å². The number of nitrogens with zero attached hydrogens (tertiary/aromatic N) is 2. The Labute approximate surface area is 198 Å². The van der Waals surface area contributed by atoms with Crippen molar-refractivity contribution >= 4 is 45.3 Å². The number of H-pyrrole nitrogens is 2. The lowest BCUT2D eigenvalue weighted by atomic mass is 10.1. The van der Waals surface area contributed by atoms with Gasteiger partial charge in [-0.2, -0.15) is 0 Å². The summed E-state index contributed by atoms with van der Waals surface area (Å²) < 4.78 is 1.55. The quantitative estimate of drug-likeness (QED) is 0.257. The van der Waals surface area contributed by atoms with Crippen LogP contribution >= 0.6 is 11.8 Å². The van der Waals surface area contributed by atoms with Crippen LogP contribution in [-0.4, -0.2) is 31.2 Å². The fourth-order valence-electron chi connectivity index (χ4n) is 3.76. The third-order valence-electron chi connectivity index (χ3n) is 5.48. The standard InChI is InChI=1S/C25H21N5O3S/c1-2-15-7-10-17(11-8-15)30-23(32)18-5-3-4-6-19(18)29-25(30)34-14-22(31)26-16-9-12-20-21(13-16)28-24(33)27-20/h3-13H,2,14H2,1H3,(H,26,31)(H2,27,28,33). The monoisotopic (exact) mass is 471 g/mol. The molecule has 2 heterocycles. The number of fused-ring (bicyclic) bond motifs is 2. The zero-order chi connectivity index (χ0) is 23.7. The maximum absolute atomic E-state index is 13.3. The highest BCUT2D eigenvalue weighted by Gasteiger charge is 2.15. The highest BCUT2D eigenvalue weighted by atomic mass is 32.2. The predicted octanol–water partition coefficient (Wildman–Crippen LogP) is 3.85. The first-order valence-electron chi connectivity index (χ1n) is 10.8. The van der Waals surface area contributed by atoms with E-state index in [4.69, 9.17) is 0 Å². The van der Waals surface area contributed by atoms with Crippen LogP contribution in [-0.2, 0) is 11.2 Å². The Bertz CT molecular complexity index is 1630. The molecule has 0 radical (unpaired) electrons. The van der Waals surface area contributed by atoms with Crippen molar-refractivity contribution in [2.45, 2.75) is 18.5 Å². The van der Waals surface area contributed by atoms with Gasteiger partial charge in [0.1, 0.15) is 0 Å². The average molecular weight is 472 g/mol. The van der Waals surface area contributed by atoms with Gasteiger partial charge in [0.2, 0.25) is 5.91 Å². The normalized spacial score (nSPS) is 11.2. The smallest absolute Gasteiger partial charge is 0.323 e. The molecule has 0 atom stereocenters. The Morgan fingerprint density at radius 3 is 2.56 bits per heavy atom. The molecule has 0 spiro atoms. The second kappa shape index (κ2) is 9.03. The van der Waals surface area contributed by atoms with Gasteiger partial charge in [0.05, 0.1) is 33.4 Å². The predicted molar refractivity (Wildman–Crippen MR) is 135 cm³/mol. The van der Waals surface area contributed by atoms with Crippen molar-refractivity contribution in [3.8, 4) is 5.69 Å². The first kappa shape index (κ1) is 21.7. The lowest BCUT2D eigenvalue weighted by Gasteiger charge is -2.13. The summed E-state index contributed by atoms with van der Waals surface area (Å²) in [7, 11) is 0. The number of para-hydroxylation sites is 1. The molecule has 34 heavy (non-hydrogen) atoms. The molecule has 2 aromatic heterocycles. The molecule has 0 saturated heterocycles. The molecule has 1 amide bonds. The molecule has 0 unspecified atom stereocenters. The van der Waals surface area contributed by atoms with E-state index in [9.17, 15) is 14.4 Å². The van der Waals surface area contributed by atoms with Crippen molar-refractivity contribution in [3.63, 3.8) is 0 Å². The Morgan fingerprint density at radius 2 is 1.76 bits per heavy atom. The van der Waals surface area contributed by atoms with Gasteiger partial charge in [0, 0.05) is 5.69 Å². The number of nitrogens with one attached hydrogen (secondary N) is 3. The van der Waals surface area contributed by atoms with Gasteiger partial charge >= 0.3 is 5.69 Å². The molecule has 0 bridgehead atoms. The zero-order valence-corrected chi connectivity index (χ0v) is 19.1. The third-order valence-corrected chi connectivity index (χ3v) is 6.42. The number of carbonyl (C=O) groups is 1. The van der Waals surface area contributed by atoms with Crippen LogP contribution in [0.2, 0.25) is 0 Å². The minimum atomic E-state index is -0.304. The average Bonchev–Trinajstić information content (AvgIpc) is 3.22. The maximum Gasteiger partial charge on any atom is 0.323 e. The molecule has 5 aromatic rings. The van der Waals surface area contributed by atoms with Gasteiger partial charge in [0.25, 0.3) is 5.56 Å². The van der Waals surface area contributed by atoms with Crippen LogP contribution in [0.4, 0.5) is 5.69 Å². The highest BCUT2D eigenvalue weighted by molar-refractivity contribution is 7.99. The minimum absolute atomic E-state index is 0.0551. The van der Waals surface area contributed by atoms with E-state index in [2.05, 4.69) is 27.2 Å². The van der Waals surface area contributed by atoms with Crippen molar-refractivity contribution in [3.05, 3.63) is 93.1 Å². The van der Waals surface area contributed by atoms with Crippen molar-refractivity contribution in [2.24, 2.45) is 0 Å². The van der Waals surface area contributed by atoms with E-state index < -0.39 is 0 Å². The van der Waals surface area contributed by atoms with Gasteiger partial charge in [-0.15, -0.1) is 0 Å². The molecule has 0 aliphatic heterocycles.